The maximum atomic E-state index is 12.3. The largest absolute Gasteiger partial charge is 0.337 e. The number of likely N-dealkylation sites (tertiary alicyclic amines) is 1. The highest BCUT2D eigenvalue weighted by Gasteiger charge is 2.37. The highest BCUT2D eigenvalue weighted by molar-refractivity contribution is 5.79. The van der Waals surface area contributed by atoms with Crippen LogP contribution in [0.25, 0.3) is 0 Å². The third-order valence-electron chi connectivity index (χ3n) is 5.66. The van der Waals surface area contributed by atoms with Crippen molar-refractivity contribution >= 4 is 11.9 Å². The van der Waals surface area contributed by atoms with E-state index in [-0.39, 0.29) is 11.9 Å². The average molecular weight is 333 g/mol. The molecule has 7 heteroatoms. The van der Waals surface area contributed by atoms with Gasteiger partial charge in [-0.05, 0) is 38.5 Å². The van der Waals surface area contributed by atoms with Crippen LogP contribution in [-0.4, -0.2) is 78.0 Å². The molecule has 0 aromatic carbocycles. The van der Waals surface area contributed by atoms with Crippen molar-refractivity contribution < 1.29 is 9.59 Å². The van der Waals surface area contributed by atoms with E-state index >= 15 is 0 Å². The molecule has 2 heterocycles. The highest BCUT2D eigenvalue weighted by Crippen LogP contribution is 2.29. The monoisotopic (exact) mass is 333 g/mol. The minimum Gasteiger partial charge on any atom is -0.337 e. The molecule has 3 fully saturated rings. The molecule has 3 rings (SSSR count). The van der Waals surface area contributed by atoms with Gasteiger partial charge in [-0.25, -0.2) is 4.79 Å². The molecule has 3 amide bonds. The fraction of sp³-hybridized carbons (Fsp3) is 0.824. The van der Waals surface area contributed by atoms with Crippen LogP contribution in [-0.2, 0) is 4.79 Å². The molecule has 7 nitrogen and oxygen atoms in total. The lowest BCUT2D eigenvalue weighted by Gasteiger charge is -2.36. The zero-order valence-corrected chi connectivity index (χ0v) is 14.5. The highest BCUT2D eigenvalue weighted by atomic mass is 16.2. The van der Waals surface area contributed by atoms with Crippen LogP contribution in [0.3, 0.4) is 0 Å². The number of rotatable bonds is 4. The first kappa shape index (κ1) is 17.0. The summed E-state index contributed by atoms with van der Waals surface area (Å²) in [4.78, 5) is 30.2. The van der Waals surface area contributed by atoms with E-state index in [2.05, 4.69) is 16.3 Å². The predicted molar refractivity (Wildman–Crippen MR) is 89.1 cm³/mol. The average Bonchev–Trinajstić information content (AvgIpc) is 3.17. The molecule has 132 valence electrons. The molecule has 0 aromatic heterocycles. The summed E-state index contributed by atoms with van der Waals surface area (Å²) in [5, 5.41) is 12.3. The first-order chi connectivity index (χ1) is 11.5. The van der Waals surface area contributed by atoms with Gasteiger partial charge >= 0.3 is 6.03 Å². The van der Waals surface area contributed by atoms with Crippen molar-refractivity contribution in [3.63, 3.8) is 0 Å². The first-order valence-electron chi connectivity index (χ1n) is 8.99. The SMILES string of the molecule is CN1CCN(C2CCN(CC(=O)NC3(C#N)CCCC3)CC2)C1=O. The Labute approximate surface area is 143 Å². The van der Waals surface area contributed by atoms with Crippen molar-refractivity contribution in [2.75, 3.05) is 39.8 Å². The molecule has 2 saturated heterocycles. The molecule has 1 N–H and O–H groups in total. The minimum absolute atomic E-state index is 0.0473. The Morgan fingerprint density at radius 2 is 1.92 bits per heavy atom. The fourth-order valence-corrected chi connectivity index (χ4v) is 4.15. The molecule has 0 aromatic rings. The summed E-state index contributed by atoms with van der Waals surface area (Å²) in [7, 11) is 1.84. The third-order valence-corrected chi connectivity index (χ3v) is 5.66. The van der Waals surface area contributed by atoms with Crippen LogP contribution in [0.15, 0.2) is 0 Å². The van der Waals surface area contributed by atoms with Gasteiger partial charge in [0.1, 0.15) is 5.54 Å². The normalized spacial score (nSPS) is 25.1. The lowest BCUT2D eigenvalue weighted by molar-refractivity contribution is -0.123. The van der Waals surface area contributed by atoms with Crippen LogP contribution < -0.4 is 5.32 Å². The lowest BCUT2D eigenvalue weighted by atomic mass is 9.99. The van der Waals surface area contributed by atoms with Crippen molar-refractivity contribution in [1.29, 1.82) is 5.26 Å². The third kappa shape index (κ3) is 3.48. The maximum Gasteiger partial charge on any atom is 0.320 e. The van der Waals surface area contributed by atoms with E-state index in [9.17, 15) is 14.9 Å². The van der Waals surface area contributed by atoms with E-state index in [1.54, 1.807) is 4.90 Å². The second-order valence-electron chi connectivity index (χ2n) is 7.35. The fourth-order valence-electron chi connectivity index (χ4n) is 4.15. The summed E-state index contributed by atoms with van der Waals surface area (Å²) in [6, 6.07) is 2.72. The molecule has 0 atom stereocenters. The Morgan fingerprint density at radius 3 is 2.46 bits per heavy atom. The number of carbonyl (C=O) groups is 2. The summed E-state index contributed by atoms with van der Waals surface area (Å²) >= 11 is 0. The van der Waals surface area contributed by atoms with Crippen molar-refractivity contribution in [2.45, 2.75) is 50.1 Å². The van der Waals surface area contributed by atoms with Crippen molar-refractivity contribution in [3.8, 4) is 6.07 Å². The molecule has 2 aliphatic heterocycles. The number of nitriles is 1. The van der Waals surface area contributed by atoms with Crippen molar-refractivity contribution in [1.82, 2.24) is 20.0 Å². The zero-order valence-electron chi connectivity index (χ0n) is 14.5. The second-order valence-corrected chi connectivity index (χ2v) is 7.35. The van der Waals surface area contributed by atoms with Crippen molar-refractivity contribution in [2.24, 2.45) is 0 Å². The molecule has 24 heavy (non-hydrogen) atoms. The number of nitrogens with zero attached hydrogens (tertiary/aromatic N) is 4. The van der Waals surface area contributed by atoms with E-state index in [1.807, 2.05) is 11.9 Å². The van der Waals surface area contributed by atoms with E-state index in [0.29, 0.717) is 12.6 Å². The first-order valence-corrected chi connectivity index (χ1v) is 8.99. The topological polar surface area (TPSA) is 79.7 Å². The molecular formula is C17H27N5O2. The van der Waals surface area contributed by atoms with E-state index in [1.165, 1.54) is 0 Å². The summed E-state index contributed by atoms with van der Waals surface area (Å²) < 4.78 is 0. The van der Waals surface area contributed by atoms with Gasteiger partial charge in [0.15, 0.2) is 0 Å². The molecule has 0 radical (unpaired) electrons. The number of nitrogens with one attached hydrogen (secondary N) is 1. The number of carbonyl (C=O) groups excluding carboxylic acids is 2. The summed E-state index contributed by atoms with van der Waals surface area (Å²) in [6.07, 6.45) is 5.38. The van der Waals surface area contributed by atoms with Crippen LogP contribution in [0.1, 0.15) is 38.5 Å². The number of urea groups is 1. The smallest absolute Gasteiger partial charge is 0.320 e. The molecule has 1 saturated carbocycles. The van der Waals surface area contributed by atoms with E-state index in [4.69, 9.17) is 0 Å². The Bertz CT molecular complexity index is 530. The molecule has 0 unspecified atom stereocenters. The number of hydrogen-bond donors (Lipinski definition) is 1. The lowest BCUT2D eigenvalue weighted by Crippen LogP contribution is -2.52. The number of piperidine rings is 1. The zero-order chi connectivity index (χ0) is 17.2. The summed E-state index contributed by atoms with van der Waals surface area (Å²) in [5.41, 5.74) is -0.637. The second kappa shape index (κ2) is 6.98. The quantitative estimate of drug-likeness (QED) is 0.824. The van der Waals surface area contributed by atoms with Gasteiger partial charge in [-0.2, -0.15) is 5.26 Å². The number of amides is 3. The summed E-state index contributed by atoms with van der Waals surface area (Å²) in [5.74, 6) is -0.0473. The van der Waals surface area contributed by atoms with Gasteiger partial charge in [-0.3, -0.25) is 9.69 Å². The van der Waals surface area contributed by atoms with Gasteiger partial charge in [-0.15, -0.1) is 0 Å². The Kier molecular flexibility index (Phi) is 4.95. The van der Waals surface area contributed by atoms with Crippen LogP contribution in [0, 0.1) is 11.3 Å². The molecule has 3 aliphatic rings. The standard InChI is InChI=1S/C17H27N5O2/c1-20-10-11-22(16(20)24)14-4-8-21(9-5-14)12-15(23)19-17(13-18)6-2-3-7-17/h14H,2-12H2,1H3,(H,19,23). The number of likely N-dealkylation sites (N-methyl/N-ethyl adjacent to an activating group) is 1. The van der Waals surface area contributed by atoms with Crippen LogP contribution >= 0.6 is 0 Å². The van der Waals surface area contributed by atoms with Crippen LogP contribution in [0.4, 0.5) is 4.79 Å². The molecule has 0 bridgehead atoms. The van der Waals surface area contributed by atoms with E-state index in [0.717, 1.165) is 64.7 Å². The Morgan fingerprint density at radius 1 is 1.25 bits per heavy atom. The van der Waals surface area contributed by atoms with Crippen molar-refractivity contribution in [3.05, 3.63) is 0 Å². The van der Waals surface area contributed by atoms with Crippen LogP contribution in [0.5, 0.6) is 0 Å². The van der Waals surface area contributed by atoms with Gasteiger partial charge in [-0.1, -0.05) is 0 Å². The predicted octanol–water partition coefficient (Wildman–Crippen LogP) is 0.771. The Balaban J connectivity index is 1.45. The van der Waals surface area contributed by atoms with Crippen LogP contribution in [0.2, 0.25) is 0 Å². The molecule has 0 spiro atoms. The minimum atomic E-state index is -0.637. The maximum absolute atomic E-state index is 12.3. The van der Waals surface area contributed by atoms with E-state index < -0.39 is 5.54 Å². The Hall–Kier alpha value is -1.81. The van der Waals surface area contributed by atoms with Gasteiger partial charge in [0, 0.05) is 39.3 Å². The van der Waals surface area contributed by atoms with Gasteiger partial charge in [0.05, 0.1) is 12.6 Å². The van der Waals surface area contributed by atoms with Gasteiger partial charge < -0.3 is 15.1 Å². The number of hydrogen-bond acceptors (Lipinski definition) is 4. The molecule has 1 aliphatic carbocycles. The molecular weight excluding hydrogens is 306 g/mol. The summed E-state index contributed by atoms with van der Waals surface area (Å²) in [6.45, 7) is 3.61. The van der Waals surface area contributed by atoms with Gasteiger partial charge in [0.25, 0.3) is 0 Å². The van der Waals surface area contributed by atoms with Gasteiger partial charge in [0.2, 0.25) is 5.91 Å².